The molecule has 0 N–H and O–H groups in total. The van der Waals surface area contributed by atoms with E-state index in [1.165, 1.54) is 12.8 Å². The van der Waals surface area contributed by atoms with E-state index in [2.05, 4.69) is 30.0 Å². The van der Waals surface area contributed by atoms with E-state index in [-0.39, 0.29) is 11.4 Å². The van der Waals surface area contributed by atoms with Gasteiger partial charge in [-0.15, -0.1) is 0 Å². The van der Waals surface area contributed by atoms with Crippen LogP contribution in [0.1, 0.15) is 24.0 Å². The van der Waals surface area contributed by atoms with E-state index in [4.69, 9.17) is 4.74 Å². The van der Waals surface area contributed by atoms with E-state index >= 15 is 0 Å². The second-order valence-electron chi connectivity index (χ2n) is 8.05. The van der Waals surface area contributed by atoms with Crippen LogP contribution < -0.4 is 0 Å². The molecule has 4 atom stereocenters. The minimum atomic E-state index is -0.0947. The fourth-order valence-electron chi connectivity index (χ4n) is 5.07. The summed E-state index contributed by atoms with van der Waals surface area (Å²) in [5.74, 6) is 1.19. The van der Waals surface area contributed by atoms with E-state index in [1.807, 2.05) is 13.0 Å². The maximum atomic E-state index is 13.8. The lowest BCUT2D eigenvalue weighted by molar-refractivity contribution is 0.00145. The van der Waals surface area contributed by atoms with Crippen molar-refractivity contribution in [2.75, 3.05) is 33.7 Å². The van der Waals surface area contributed by atoms with Gasteiger partial charge in [-0.05, 0) is 51.1 Å². The Bertz CT molecular complexity index is 605. The number of ether oxygens (including phenoxy) is 1. The Morgan fingerprint density at radius 1 is 1.39 bits per heavy atom. The lowest BCUT2D eigenvalue weighted by Crippen LogP contribution is -2.40. The number of hydrogen-bond donors (Lipinski definition) is 0. The van der Waals surface area contributed by atoms with Crippen LogP contribution in [0.4, 0.5) is 4.39 Å². The van der Waals surface area contributed by atoms with Crippen molar-refractivity contribution in [1.82, 2.24) is 9.80 Å². The number of likely N-dealkylation sites (tertiary alicyclic amines) is 1. The van der Waals surface area contributed by atoms with Crippen LogP contribution in [0.25, 0.3) is 0 Å². The maximum Gasteiger partial charge on any atom is 0.126 e. The van der Waals surface area contributed by atoms with Crippen molar-refractivity contribution >= 4 is 0 Å². The van der Waals surface area contributed by atoms with Gasteiger partial charge in [-0.3, -0.25) is 4.90 Å². The average Bonchev–Trinajstić information content (AvgIpc) is 3.12. The fourth-order valence-corrected chi connectivity index (χ4v) is 5.07. The molecular formula is C19H27FN2O. The van der Waals surface area contributed by atoms with Gasteiger partial charge in [0, 0.05) is 38.0 Å². The van der Waals surface area contributed by atoms with E-state index in [0.717, 1.165) is 37.3 Å². The van der Waals surface area contributed by atoms with Gasteiger partial charge >= 0.3 is 0 Å². The third-order valence-electron chi connectivity index (χ3n) is 6.07. The summed E-state index contributed by atoms with van der Waals surface area (Å²) < 4.78 is 20.3. The van der Waals surface area contributed by atoms with E-state index in [9.17, 15) is 4.39 Å². The molecule has 4 heteroatoms. The average molecular weight is 318 g/mol. The summed E-state index contributed by atoms with van der Waals surface area (Å²) in [4.78, 5) is 4.76. The van der Waals surface area contributed by atoms with Crippen molar-refractivity contribution in [3.63, 3.8) is 0 Å². The Balaban J connectivity index is 1.48. The van der Waals surface area contributed by atoms with Gasteiger partial charge in [0.05, 0.1) is 11.7 Å². The first kappa shape index (κ1) is 15.6. The van der Waals surface area contributed by atoms with Crippen molar-refractivity contribution in [2.24, 2.45) is 11.8 Å². The van der Waals surface area contributed by atoms with Crippen LogP contribution in [0.2, 0.25) is 0 Å². The van der Waals surface area contributed by atoms with Gasteiger partial charge in [0.1, 0.15) is 5.82 Å². The van der Waals surface area contributed by atoms with E-state index < -0.39 is 0 Å². The molecule has 0 aliphatic carbocycles. The molecule has 3 fully saturated rings. The monoisotopic (exact) mass is 318 g/mol. The minimum Gasteiger partial charge on any atom is -0.370 e. The van der Waals surface area contributed by atoms with Crippen molar-refractivity contribution in [3.8, 4) is 0 Å². The lowest BCUT2D eigenvalue weighted by Gasteiger charge is -2.31. The number of benzene rings is 1. The molecule has 0 radical (unpaired) electrons. The summed E-state index contributed by atoms with van der Waals surface area (Å²) in [6, 6.07) is 5.63. The van der Waals surface area contributed by atoms with Crippen LogP contribution in [-0.2, 0) is 11.3 Å². The predicted molar refractivity (Wildman–Crippen MR) is 88.8 cm³/mol. The van der Waals surface area contributed by atoms with Gasteiger partial charge in [0.15, 0.2) is 0 Å². The Morgan fingerprint density at radius 2 is 2.22 bits per heavy atom. The first-order valence-corrected chi connectivity index (χ1v) is 8.77. The van der Waals surface area contributed by atoms with Crippen molar-refractivity contribution in [3.05, 3.63) is 35.1 Å². The first-order valence-electron chi connectivity index (χ1n) is 8.77. The van der Waals surface area contributed by atoms with Crippen LogP contribution in [0, 0.1) is 24.6 Å². The van der Waals surface area contributed by atoms with Crippen molar-refractivity contribution < 1.29 is 9.13 Å². The Kier molecular flexibility index (Phi) is 3.74. The molecule has 0 unspecified atom stereocenters. The van der Waals surface area contributed by atoms with Gasteiger partial charge < -0.3 is 9.64 Å². The summed E-state index contributed by atoms with van der Waals surface area (Å²) in [6.07, 6.45) is 2.87. The fraction of sp³-hybridized carbons (Fsp3) is 0.684. The summed E-state index contributed by atoms with van der Waals surface area (Å²) >= 11 is 0. The molecule has 0 saturated carbocycles. The lowest BCUT2D eigenvalue weighted by atomic mass is 9.73. The molecule has 126 valence electrons. The number of fused-ring (bicyclic) bond motifs is 1. The standard InChI is InChI=1S/C19H27FN2O/c1-13-4-5-14(8-17(13)20)9-22-11-16-15(10-21(2)3)18-6-7-19(16,12-22)23-18/h4-5,8,15-16,18H,6-7,9-12H2,1-3H3/t15-,16+,18+,19+/m0/s1. The van der Waals surface area contributed by atoms with Crippen LogP contribution in [-0.4, -0.2) is 55.2 Å². The Hall–Kier alpha value is -0.970. The van der Waals surface area contributed by atoms with Crippen LogP contribution in [0.3, 0.4) is 0 Å². The zero-order valence-corrected chi connectivity index (χ0v) is 14.4. The normalized spacial score (nSPS) is 36.1. The van der Waals surface area contributed by atoms with Crippen molar-refractivity contribution in [2.45, 2.75) is 38.0 Å². The summed E-state index contributed by atoms with van der Waals surface area (Å²) in [5.41, 5.74) is 1.87. The second-order valence-corrected chi connectivity index (χ2v) is 8.05. The predicted octanol–water partition coefficient (Wildman–Crippen LogP) is 2.68. The van der Waals surface area contributed by atoms with Gasteiger partial charge in [0.2, 0.25) is 0 Å². The summed E-state index contributed by atoms with van der Waals surface area (Å²) in [7, 11) is 4.31. The summed E-state index contributed by atoms with van der Waals surface area (Å²) in [6.45, 7) is 5.86. The number of nitrogens with zero attached hydrogens (tertiary/aromatic N) is 2. The molecule has 2 bridgehead atoms. The summed E-state index contributed by atoms with van der Waals surface area (Å²) in [5, 5.41) is 0. The highest BCUT2D eigenvalue weighted by Crippen LogP contribution is 2.55. The molecule has 23 heavy (non-hydrogen) atoms. The van der Waals surface area contributed by atoms with Crippen LogP contribution in [0.5, 0.6) is 0 Å². The molecule has 3 heterocycles. The third-order valence-corrected chi connectivity index (χ3v) is 6.07. The van der Waals surface area contributed by atoms with Crippen LogP contribution in [0.15, 0.2) is 18.2 Å². The molecule has 1 aromatic carbocycles. The largest absolute Gasteiger partial charge is 0.370 e. The SMILES string of the molecule is Cc1ccc(CN2C[C@@H]3[C@H](CN(C)C)[C@H]4CC[C@]3(C2)O4)cc1F. The molecule has 3 aliphatic rings. The zero-order chi connectivity index (χ0) is 16.2. The second kappa shape index (κ2) is 5.54. The zero-order valence-electron chi connectivity index (χ0n) is 14.4. The van der Waals surface area contributed by atoms with Gasteiger partial charge in [-0.2, -0.15) is 0 Å². The third kappa shape index (κ3) is 2.61. The molecule has 1 aromatic rings. The van der Waals surface area contributed by atoms with Gasteiger partial charge in [0.25, 0.3) is 0 Å². The molecule has 4 rings (SSSR count). The van der Waals surface area contributed by atoms with Crippen LogP contribution >= 0.6 is 0 Å². The quantitative estimate of drug-likeness (QED) is 0.849. The number of halogens is 1. The highest BCUT2D eigenvalue weighted by molar-refractivity contribution is 5.24. The Labute approximate surface area is 138 Å². The topological polar surface area (TPSA) is 15.7 Å². The Morgan fingerprint density at radius 3 is 2.96 bits per heavy atom. The smallest absolute Gasteiger partial charge is 0.126 e. The van der Waals surface area contributed by atoms with Gasteiger partial charge in [-0.25, -0.2) is 4.39 Å². The minimum absolute atomic E-state index is 0.0780. The first-order chi connectivity index (χ1) is 11.0. The molecule has 1 spiro atoms. The molecule has 3 aliphatic heterocycles. The number of rotatable bonds is 4. The van der Waals surface area contributed by atoms with Crippen molar-refractivity contribution in [1.29, 1.82) is 0 Å². The molecule has 3 saturated heterocycles. The highest BCUT2D eigenvalue weighted by Gasteiger charge is 2.62. The van der Waals surface area contributed by atoms with E-state index in [1.54, 1.807) is 6.07 Å². The number of aryl methyl sites for hydroxylation is 1. The number of hydrogen-bond acceptors (Lipinski definition) is 3. The molecular weight excluding hydrogens is 291 g/mol. The highest BCUT2D eigenvalue weighted by atomic mass is 19.1. The maximum absolute atomic E-state index is 13.8. The molecule has 3 nitrogen and oxygen atoms in total. The van der Waals surface area contributed by atoms with Gasteiger partial charge in [-0.1, -0.05) is 12.1 Å². The van der Waals surface area contributed by atoms with E-state index in [0.29, 0.717) is 17.9 Å². The molecule has 0 aromatic heterocycles. The molecule has 0 amide bonds.